The van der Waals surface area contributed by atoms with Crippen LogP contribution in [-0.4, -0.2) is 72.3 Å². The van der Waals surface area contributed by atoms with Crippen molar-refractivity contribution in [3.05, 3.63) is 65.2 Å². The third-order valence-corrected chi connectivity index (χ3v) is 6.31. The van der Waals surface area contributed by atoms with Gasteiger partial charge in [0.15, 0.2) is 0 Å². The molecule has 0 unspecified atom stereocenters. The van der Waals surface area contributed by atoms with E-state index in [0.717, 1.165) is 31.3 Å². The summed E-state index contributed by atoms with van der Waals surface area (Å²) in [6.07, 6.45) is -2.10. The molecule has 2 saturated heterocycles. The lowest BCUT2D eigenvalue weighted by Crippen LogP contribution is -2.50. The minimum atomic E-state index is -4.54. The van der Waals surface area contributed by atoms with Crippen LogP contribution in [0.1, 0.15) is 34.3 Å². The minimum Gasteiger partial charge on any atom is -0.336 e. The van der Waals surface area contributed by atoms with Gasteiger partial charge in [-0.25, -0.2) is 0 Å². The molecule has 2 amide bonds. The molecule has 2 aliphatic heterocycles. The largest absolute Gasteiger partial charge is 0.418 e. The number of amides is 2. The van der Waals surface area contributed by atoms with Gasteiger partial charge >= 0.3 is 6.18 Å². The summed E-state index contributed by atoms with van der Waals surface area (Å²) in [4.78, 5) is 31.4. The number of benzene rings is 2. The standard InChI is InChI=1S/C25H29F3N4O2/c26-25(27,28)21-8-1-2-9-22(21)29-23(33)18-31-12-14-32(15-13-31)24(34)20-7-5-6-19(16-20)17-30-10-3-4-11-30/h1-2,5-9,16H,3-4,10-15,17-18H2,(H,29,33). The number of piperazine rings is 1. The van der Waals surface area contributed by atoms with Crippen LogP contribution in [0.25, 0.3) is 0 Å². The zero-order chi connectivity index (χ0) is 24.1. The Balaban J connectivity index is 1.28. The Labute approximate surface area is 197 Å². The van der Waals surface area contributed by atoms with E-state index in [-0.39, 0.29) is 18.1 Å². The lowest BCUT2D eigenvalue weighted by molar-refractivity contribution is -0.137. The summed E-state index contributed by atoms with van der Waals surface area (Å²) in [6.45, 7) is 4.89. The van der Waals surface area contributed by atoms with Gasteiger partial charge in [-0.3, -0.25) is 19.4 Å². The summed E-state index contributed by atoms with van der Waals surface area (Å²) in [5, 5.41) is 2.37. The smallest absolute Gasteiger partial charge is 0.336 e. The van der Waals surface area contributed by atoms with Gasteiger partial charge in [-0.05, 0) is 55.8 Å². The normalized spacial score (nSPS) is 17.7. The van der Waals surface area contributed by atoms with Crippen molar-refractivity contribution in [1.29, 1.82) is 0 Å². The first-order valence-electron chi connectivity index (χ1n) is 11.6. The molecule has 2 aliphatic rings. The summed E-state index contributed by atoms with van der Waals surface area (Å²) in [5.41, 5.74) is 0.669. The van der Waals surface area contributed by atoms with Gasteiger partial charge in [0.1, 0.15) is 0 Å². The van der Waals surface area contributed by atoms with Crippen molar-refractivity contribution in [1.82, 2.24) is 14.7 Å². The predicted octanol–water partition coefficient (Wildman–Crippen LogP) is 3.70. The van der Waals surface area contributed by atoms with Crippen LogP contribution in [-0.2, 0) is 17.5 Å². The summed E-state index contributed by atoms with van der Waals surface area (Å²) in [7, 11) is 0. The maximum absolute atomic E-state index is 13.1. The van der Waals surface area contributed by atoms with E-state index in [1.54, 1.807) is 4.90 Å². The number of carbonyl (C=O) groups excluding carboxylic acids is 2. The van der Waals surface area contributed by atoms with Gasteiger partial charge in [0.05, 0.1) is 17.8 Å². The zero-order valence-electron chi connectivity index (χ0n) is 19.0. The lowest BCUT2D eigenvalue weighted by Gasteiger charge is -2.34. The average molecular weight is 475 g/mol. The molecule has 0 spiro atoms. The fourth-order valence-electron chi connectivity index (χ4n) is 4.53. The quantitative estimate of drug-likeness (QED) is 0.694. The van der Waals surface area contributed by atoms with Crippen molar-refractivity contribution in [2.24, 2.45) is 0 Å². The SMILES string of the molecule is O=C(CN1CCN(C(=O)c2cccc(CN3CCCC3)c2)CC1)Nc1ccccc1C(F)(F)F. The van der Waals surface area contributed by atoms with Crippen LogP contribution in [0.2, 0.25) is 0 Å². The zero-order valence-corrected chi connectivity index (χ0v) is 19.0. The van der Waals surface area contributed by atoms with Crippen molar-refractivity contribution in [3.63, 3.8) is 0 Å². The number of carbonyl (C=O) groups is 2. The number of rotatable bonds is 6. The molecule has 2 heterocycles. The molecule has 0 aromatic heterocycles. The van der Waals surface area contributed by atoms with Crippen LogP contribution in [0, 0.1) is 0 Å². The topological polar surface area (TPSA) is 55.9 Å². The molecule has 2 aromatic carbocycles. The molecule has 4 rings (SSSR count). The summed E-state index contributed by atoms with van der Waals surface area (Å²) < 4.78 is 39.4. The highest BCUT2D eigenvalue weighted by molar-refractivity contribution is 5.95. The van der Waals surface area contributed by atoms with Gasteiger partial charge < -0.3 is 10.2 Å². The molecule has 2 aromatic rings. The first-order valence-corrected chi connectivity index (χ1v) is 11.6. The molecule has 0 aliphatic carbocycles. The Hall–Kier alpha value is -2.91. The second kappa shape index (κ2) is 10.6. The van der Waals surface area contributed by atoms with E-state index in [1.165, 1.54) is 31.0 Å². The monoisotopic (exact) mass is 474 g/mol. The predicted molar refractivity (Wildman–Crippen MR) is 123 cm³/mol. The Kier molecular flexibility index (Phi) is 7.53. The number of halogens is 3. The Morgan fingerprint density at radius 2 is 1.56 bits per heavy atom. The van der Waals surface area contributed by atoms with Crippen molar-refractivity contribution in [2.45, 2.75) is 25.6 Å². The second-order valence-electron chi connectivity index (χ2n) is 8.84. The third-order valence-electron chi connectivity index (χ3n) is 6.31. The molecule has 0 bridgehead atoms. The number of nitrogens with one attached hydrogen (secondary N) is 1. The van der Waals surface area contributed by atoms with E-state index in [2.05, 4.69) is 10.2 Å². The van der Waals surface area contributed by atoms with Crippen LogP contribution < -0.4 is 5.32 Å². The minimum absolute atomic E-state index is 0.0282. The highest BCUT2D eigenvalue weighted by Gasteiger charge is 2.33. The Morgan fingerprint density at radius 3 is 2.26 bits per heavy atom. The van der Waals surface area contributed by atoms with Gasteiger partial charge in [-0.2, -0.15) is 13.2 Å². The van der Waals surface area contributed by atoms with Gasteiger partial charge in [-0.15, -0.1) is 0 Å². The van der Waals surface area contributed by atoms with E-state index in [4.69, 9.17) is 0 Å². The first-order chi connectivity index (χ1) is 16.3. The molecular formula is C25H29F3N4O2. The number of anilines is 1. The molecule has 182 valence electrons. The highest BCUT2D eigenvalue weighted by atomic mass is 19.4. The molecule has 2 fully saturated rings. The second-order valence-corrected chi connectivity index (χ2v) is 8.84. The number of para-hydroxylation sites is 1. The number of hydrogen-bond donors (Lipinski definition) is 1. The number of likely N-dealkylation sites (tertiary alicyclic amines) is 1. The van der Waals surface area contributed by atoms with Crippen LogP contribution in [0.4, 0.5) is 18.9 Å². The maximum atomic E-state index is 13.1. The summed E-state index contributed by atoms with van der Waals surface area (Å²) in [5.74, 6) is -0.544. The third kappa shape index (κ3) is 6.15. The van der Waals surface area contributed by atoms with E-state index in [9.17, 15) is 22.8 Å². The molecule has 34 heavy (non-hydrogen) atoms. The van der Waals surface area contributed by atoms with Crippen LogP contribution in [0.3, 0.4) is 0 Å². The van der Waals surface area contributed by atoms with Gasteiger partial charge in [0.25, 0.3) is 5.91 Å². The molecule has 6 nitrogen and oxygen atoms in total. The lowest BCUT2D eigenvalue weighted by atomic mass is 10.1. The number of hydrogen-bond acceptors (Lipinski definition) is 4. The number of alkyl halides is 3. The Morgan fingerprint density at radius 1 is 0.853 bits per heavy atom. The van der Waals surface area contributed by atoms with E-state index in [0.29, 0.717) is 31.7 Å². The van der Waals surface area contributed by atoms with E-state index >= 15 is 0 Å². The van der Waals surface area contributed by atoms with Crippen molar-refractivity contribution in [3.8, 4) is 0 Å². The van der Waals surface area contributed by atoms with Crippen LogP contribution >= 0.6 is 0 Å². The van der Waals surface area contributed by atoms with Crippen molar-refractivity contribution >= 4 is 17.5 Å². The fourth-order valence-corrected chi connectivity index (χ4v) is 4.53. The van der Waals surface area contributed by atoms with E-state index < -0.39 is 17.6 Å². The summed E-state index contributed by atoms with van der Waals surface area (Å²) in [6, 6.07) is 12.7. The molecule has 0 saturated carbocycles. The fraction of sp³-hybridized carbons (Fsp3) is 0.440. The van der Waals surface area contributed by atoms with Crippen LogP contribution in [0.15, 0.2) is 48.5 Å². The molecular weight excluding hydrogens is 445 g/mol. The number of nitrogens with zero attached hydrogens (tertiary/aromatic N) is 3. The maximum Gasteiger partial charge on any atom is 0.418 e. The van der Waals surface area contributed by atoms with Gasteiger partial charge in [-0.1, -0.05) is 24.3 Å². The first kappa shape index (κ1) is 24.2. The molecule has 9 heteroatoms. The van der Waals surface area contributed by atoms with Gasteiger partial charge in [0.2, 0.25) is 5.91 Å². The van der Waals surface area contributed by atoms with E-state index in [1.807, 2.05) is 29.2 Å². The van der Waals surface area contributed by atoms with Crippen molar-refractivity contribution in [2.75, 3.05) is 51.1 Å². The van der Waals surface area contributed by atoms with Crippen molar-refractivity contribution < 1.29 is 22.8 Å². The molecule has 1 N–H and O–H groups in total. The molecule has 0 atom stereocenters. The summed E-state index contributed by atoms with van der Waals surface area (Å²) >= 11 is 0. The average Bonchev–Trinajstić information content (AvgIpc) is 3.32. The Bertz CT molecular complexity index is 1010. The van der Waals surface area contributed by atoms with Gasteiger partial charge in [0, 0.05) is 38.3 Å². The highest BCUT2D eigenvalue weighted by Crippen LogP contribution is 2.34. The molecule has 0 radical (unpaired) electrons. The van der Waals surface area contributed by atoms with Crippen LogP contribution in [0.5, 0.6) is 0 Å².